The Morgan fingerprint density at radius 1 is 1.29 bits per heavy atom. The third kappa shape index (κ3) is 6.23. The summed E-state index contributed by atoms with van der Waals surface area (Å²) < 4.78 is 0. The Morgan fingerprint density at radius 3 is 2.57 bits per heavy atom. The number of aliphatic hydroxyl groups excluding tert-OH is 1. The SMILES string of the molecule is CC(C)(C)CNC1CC(CC(O)C2CC2)CN(CCN)C1. The molecule has 2 aliphatic rings. The molecule has 1 saturated heterocycles. The van der Waals surface area contributed by atoms with Crippen LogP contribution in [0.3, 0.4) is 0 Å². The number of hydrogen-bond donors (Lipinski definition) is 3. The molecular formula is C17H35N3O. The molecule has 3 unspecified atom stereocenters. The van der Waals surface area contributed by atoms with Crippen molar-refractivity contribution < 1.29 is 5.11 Å². The maximum absolute atomic E-state index is 10.2. The van der Waals surface area contributed by atoms with E-state index in [2.05, 4.69) is 31.0 Å². The Balaban J connectivity index is 1.84. The van der Waals surface area contributed by atoms with Crippen LogP contribution in [0.15, 0.2) is 0 Å². The Bertz CT molecular complexity index is 312. The van der Waals surface area contributed by atoms with E-state index in [1.165, 1.54) is 19.3 Å². The predicted octanol–water partition coefficient (Wildman–Crippen LogP) is 1.43. The van der Waals surface area contributed by atoms with Crippen LogP contribution in [0.2, 0.25) is 0 Å². The first-order valence-corrected chi connectivity index (χ1v) is 8.71. The van der Waals surface area contributed by atoms with Crippen molar-refractivity contribution in [3.8, 4) is 0 Å². The second kappa shape index (κ2) is 7.40. The smallest absolute Gasteiger partial charge is 0.0571 e. The molecule has 0 spiro atoms. The van der Waals surface area contributed by atoms with Crippen LogP contribution in [0.5, 0.6) is 0 Å². The Labute approximate surface area is 130 Å². The van der Waals surface area contributed by atoms with Crippen molar-refractivity contribution in [1.82, 2.24) is 10.2 Å². The zero-order chi connectivity index (χ0) is 15.5. The molecule has 1 heterocycles. The van der Waals surface area contributed by atoms with E-state index in [4.69, 9.17) is 5.73 Å². The minimum Gasteiger partial charge on any atom is -0.393 e. The maximum atomic E-state index is 10.2. The van der Waals surface area contributed by atoms with Crippen molar-refractivity contribution in [2.24, 2.45) is 23.0 Å². The van der Waals surface area contributed by atoms with E-state index in [0.29, 0.717) is 23.3 Å². The molecule has 4 heteroatoms. The molecule has 2 fully saturated rings. The van der Waals surface area contributed by atoms with Crippen LogP contribution in [0.4, 0.5) is 0 Å². The highest BCUT2D eigenvalue weighted by atomic mass is 16.3. The van der Waals surface area contributed by atoms with Gasteiger partial charge < -0.3 is 21.1 Å². The molecule has 2 rings (SSSR count). The zero-order valence-electron chi connectivity index (χ0n) is 14.1. The molecule has 4 nitrogen and oxygen atoms in total. The summed E-state index contributed by atoms with van der Waals surface area (Å²) in [6.45, 7) is 11.8. The number of nitrogens with zero attached hydrogens (tertiary/aromatic N) is 1. The molecule has 1 aliphatic carbocycles. The average Bonchev–Trinajstić information content (AvgIpc) is 3.20. The number of rotatable bonds is 7. The summed E-state index contributed by atoms with van der Waals surface area (Å²) in [6, 6.07) is 0.543. The van der Waals surface area contributed by atoms with Crippen LogP contribution in [-0.4, -0.2) is 54.9 Å². The number of aliphatic hydroxyl groups is 1. The fourth-order valence-corrected chi connectivity index (χ4v) is 3.45. The van der Waals surface area contributed by atoms with Crippen LogP contribution in [0.1, 0.15) is 46.5 Å². The second-order valence-electron chi connectivity index (χ2n) is 8.43. The van der Waals surface area contributed by atoms with Crippen LogP contribution in [0.25, 0.3) is 0 Å². The van der Waals surface area contributed by atoms with E-state index >= 15 is 0 Å². The van der Waals surface area contributed by atoms with E-state index < -0.39 is 0 Å². The van der Waals surface area contributed by atoms with Gasteiger partial charge in [-0.1, -0.05) is 20.8 Å². The van der Waals surface area contributed by atoms with Gasteiger partial charge in [0.25, 0.3) is 0 Å². The number of hydrogen-bond acceptors (Lipinski definition) is 4. The highest BCUT2D eigenvalue weighted by molar-refractivity contribution is 4.89. The summed E-state index contributed by atoms with van der Waals surface area (Å²) in [7, 11) is 0. The Hall–Kier alpha value is -0.160. The van der Waals surface area contributed by atoms with Crippen LogP contribution in [0, 0.1) is 17.3 Å². The van der Waals surface area contributed by atoms with Crippen LogP contribution < -0.4 is 11.1 Å². The molecule has 0 aromatic carbocycles. The van der Waals surface area contributed by atoms with E-state index in [0.717, 1.165) is 39.1 Å². The number of nitrogens with one attached hydrogen (secondary N) is 1. The lowest BCUT2D eigenvalue weighted by Crippen LogP contribution is -2.52. The minimum absolute atomic E-state index is 0.0731. The topological polar surface area (TPSA) is 61.5 Å². The van der Waals surface area contributed by atoms with Crippen LogP contribution >= 0.6 is 0 Å². The average molecular weight is 297 g/mol. The van der Waals surface area contributed by atoms with Gasteiger partial charge in [0.15, 0.2) is 0 Å². The molecule has 1 saturated carbocycles. The third-order valence-corrected chi connectivity index (χ3v) is 4.72. The van der Waals surface area contributed by atoms with Gasteiger partial charge in [-0.15, -0.1) is 0 Å². The van der Waals surface area contributed by atoms with Crippen molar-refractivity contribution in [1.29, 1.82) is 0 Å². The van der Waals surface area contributed by atoms with Crippen molar-refractivity contribution in [2.75, 3.05) is 32.7 Å². The van der Waals surface area contributed by atoms with Gasteiger partial charge in [0.05, 0.1) is 6.10 Å². The Morgan fingerprint density at radius 2 is 2.00 bits per heavy atom. The number of likely N-dealkylation sites (tertiary alicyclic amines) is 1. The molecule has 21 heavy (non-hydrogen) atoms. The van der Waals surface area contributed by atoms with Crippen LogP contribution in [-0.2, 0) is 0 Å². The second-order valence-corrected chi connectivity index (χ2v) is 8.43. The van der Waals surface area contributed by atoms with E-state index in [-0.39, 0.29) is 6.10 Å². The lowest BCUT2D eigenvalue weighted by molar-refractivity contribution is 0.0743. The van der Waals surface area contributed by atoms with Gasteiger partial charge in [-0.25, -0.2) is 0 Å². The van der Waals surface area contributed by atoms with Gasteiger partial charge >= 0.3 is 0 Å². The summed E-state index contributed by atoms with van der Waals surface area (Å²) in [5.74, 6) is 1.20. The minimum atomic E-state index is -0.0731. The normalized spacial score (nSPS) is 29.6. The monoisotopic (exact) mass is 297 g/mol. The van der Waals surface area contributed by atoms with Gasteiger partial charge in [-0.05, 0) is 42.9 Å². The first-order chi connectivity index (χ1) is 9.87. The summed E-state index contributed by atoms with van der Waals surface area (Å²) in [6.07, 6.45) is 4.55. The van der Waals surface area contributed by atoms with Gasteiger partial charge in [0.2, 0.25) is 0 Å². The first kappa shape index (κ1) is 17.2. The summed E-state index contributed by atoms with van der Waals surface area (Å²) in [5.41, 5.74) is 6.06. The summed E-state index contributed by atoms with van der Waals surface area (Å²) in [4.78, 5) is 2.48. The van der Waals surface area contributed by atoms with Gasteiger partial charge in [0.1, 0.15) is 0 Å². The standard InChI is InChI=1S/C17H35N3O/c1-17(2,3)12-19-15-8-13(9-16(21)14-4-5-14)10-20(11-15)7-6-18/h13-16,19,21H,4-12,18H2,1-3H3. The molecule has 0 radical (unpaired) electrons. The maximum Gasteiger partial charge on any atom is 0.0571 e. The van der Waals surface area contributed by atoms with Crippen molar-refractivity contribution >= 4 is 0 Å². The molecule has 4 N–H and O–H groups in total. The molecule has 0 bridgehead atoms. The lowest BCUT2D eigenvalue weighted by Gasteiger charge is -2.39. The van der Waals surface area contributed by atoms with E-state index in [1.54, 1.807) is 0 Å². The molecule has 1 aliphatic heterocycles. The van der Waals surface area contributed by atoms with E-state index in [1.807, 2.05) is 0 Å². The van der Waals surface area contributed by atoms with Gasteiger partial charge in [-0.2, -0.15) is 0 Å². The largest absolute Gasteiger partial charge is 0.393 e. The zero-order valence-corrected chi connectivity index (χ0v) is 14.1. The van der Waals surface area contributed by atoms with Crippen molar-refractivity contribution in [3.05, 3.63) is 0 Å². The quantitative estimate of drug-likeness (QED) is 0.665. The van der Waals surface area contributed by atoms with Gasteiger partial charge in [0, 0.05) is 38.8 Å². The molecule has 0 amide bonds. The fourth-order valence-electron chi connectivity index (χ4n) is 3.45. The van der Waals surface area contributed by atoms with E-state index in [9.17, 15) is 5.11 Å². The molecule has 0 aromatic rings. The lowest BCUT2D eigenvalue weighted by atomic mass is 9.87. The third-order valence-electron chi connectivity index (χ3n) is 4.72. The summed E-state index contributed by atoms with van der Waals surface area (Å²) >= 11 is 0. The van der Waals surface area contributed by atoms with Crippen molar-refractivity contribution in [2.45, 2.75) is 58.6 Å². The Kier molecular flexibility index (Phi) is 6.06. The number of nitrogens with two attached hydrogens (primary N) is 1. The highest BCUT2D eigenvalue weighted by Gasteiger charge is 2.34. The number of piperidine rings is 1. The summed E-state index contributed by atoms with van der Waals surface area (Å²) in [5, 5.41) is 14.0. The molecule has 0 aromatic heterocycles. The molecule has 3 atom stereocenters. The predicted molar refractivity (Wildman–Crippen MR) is 88.2 cm³/mol. The molecular weight excluding hydrogens is 262 g/mol. The van der Waals surface area contributed by atoms with Crippen molar-refractivity contribution in [3.63, 3.8) is 0 Å². The molecule has 124 valence electrons. The fraction of sp³-hybridized carbons (Fsp3) is 1.00. The highest BCUT2D eigenvalue weighted by Crippen LogP contribution is 2.36. The van der Waals surface area contributed by atoms with Gasteiger partial charge in [-0.3, -0.25) is 0 Å². The first-order valence-electron chi connectivity index (χ1n) is 8.71.